The molecule has 2 aliphatic rings. The number of hydrogen-bond donors (Lipinski definition) is 2. The first-order valence-electron chi connectivity index (χ1n) is 8.59. The normalized spacial score (nSPS) is 20.0. The number of aryl methyl sites for hydroxylation is 1. The van der Waals surface area contributed by atoms with E-state index < -0.39 is 17.7 Å². The van der Waals surface area contributed by atoms with Gasteiger partial charge in [0.2, 0.25) is 0 Å². The van der Waals surface area contributed by atoms with Gasteiger partial charge in [0.05, 0.1) is 23.9 Å². The number of amides is 1. The minimum Gasteiger partial charge on any atom is -0.503 e. The Hall–Kier alpha value is -2.24. The molecular weight excluding hydrogens is 387 g/mol. The molecule has 0 radical (unpaired) electrons. The zero-order valence-electron chi connectivity index (χ0n) is 15.2. The lowest BCUT2D eigenvalue weighted by molar-refractivity contribution is -0.127. The van der Waals surface area contributed by atoms with E-state index in [1.165, 1.54) is 4.90 Å². The second kappa shape index (κ2) is 7.41. The summed E-state index contributed by atoms with van der Waals surface area (Å²) in [5, 5.41) is 14.6. The van der Waals surface area contributed by atoms with Gasteiger partial charge >= 0.3 is 0 Å². The number of aliphatic hydroxyl groups excluding tert-OH is 1. The summed E-state index contributed by atoms with van der Waals surface area (Å²) in [6.45, 7) is 5.78. The molecule has 5 nitrogen and oxygen atoms in total. The maximum Gasteiger partial charge on any atom is 0.294 e. The van der Waals surface area contributed by atoms with Crippen molar-refractivity contribution in [2.75, 3.05) is 6.54 Å². The molecule has 1 atom stereocenters. The highest BCUT2D eigenvalue weighted by Gasteiger charge is 2.45. The zero-order valence-corrected chi connectivity index (χ0v) is 16.7. The Morgan fingerprint density at radius 2 is 2.04 bits per heavy atom. The predicted molar refractivity (Wildman–Crippen MR) is 105 cm³/mol. The standard InChI is InChI=1S/C20H20Cl2N2O3/c1-10(2)18(25)16-17(15-5-4-12(21)6-11(15)3)24(20(27)19(16)26)14-7-13(22)8-23-9-14/h4-7,9-10,17,23,26H,8H2,1-3H3. The smallest absolute Gasteiger partial charge is 0.294 e. The average molecular weight is 407 g/mol. The fourth-order valence-corrected chi connectivity index (χ4v) is 3.74. The molecule has 0 aliphatic carbocycles. The molecule has 1 aromatic carbocycles. The molecule has 142 valence electrons. The van der Waals surface area contributed by atoms with E-state index >= 15 is 0 Å². The number of allylic oxidation sites excluding steroid dienone is 1. The van der Waals surface area contributed by atoms with Gasteiger partial charge in [0, 0.05) is 22.2 Å². The number of hydrogen-bond acceptors (Lipinski definition) is 4. The molecule has 1 amide bonds. The van der Waals surface area contributed by atoms with Crippen molar-refractivity contribution in [1.82, 2.24) is 10.2 Å². The lowest BCUT2D eigenvalue weighted by Gasteiger charge is -2.30. The number of carbonyl (C=O) groups is 2. The zero-order chi connectivity index (χ0) is 19.9. The largest absolute Gasteiger partial charge is 0.503 e. The third kappa shape index (κ3) is 3.49. The molecule has 0 aromatic heterocycles. The van der Waals surface area contributed by atoms with E-state index in [0.717, 1.165) is 11.1 Å². The highest BCUT2D eigenvalue weighted by atomic mass is 35.5. The number of dihydropyridines is 1. The number of nitrogens with zero attached hydrogens (tertiary/aromatic N) is 1. The third-order valence-corrected chi connectivity index (χ3v) is 5.11. The van der Waals surface area contributed by atoms with Crippen LogP contribution in [0.2, 0.25) is 5.02 Å². The summed E-state index contributed by atoms with van der Waals surface area (Å²) in [6, 6.07) is 4.49. The summed E-state index contributed by atoms with van der Waals surface area (Å²) in [5.74, 6) is -1.80. The van der Waals surface area contributed by atoms with E-state index in [1.54, 1.807) is 44.3 Å². The maximum absolute atomic E-state index is 12.9. The number of aliphatic hydroxyl groups is 1. The van der Waals surface area contributed by atoms with Crippen LogP contribution in [0.5, 0.6) is 0 Å². The highest BCUT2D eigenvalue weighted by Crippen LogP contribution is 2.43. The molecule has 0 bridgehead atoms. The summed E-state index contributed by atoms with van der Waals surface area (Å²) in [6.07, 6.45) is 3.31. The van der Waals surface area contributed by atoms with Crippen LogP contribution in [0.4, 0.5) is 0 Å². The second-order valence-electron chi connectivity index (χ2n) is 6.90. The van der Waals surface area contributed by atoms with Crippen LogP contribution in [0.25, 0.3) is 0 Å². The summed E-state index contributed by atoms with van der Waals surface area (Å²) in [4.78, 5) is 27.2. The Balaban J connectivity index is 2.20. The van der Waals surface area contributed by atoms with Crippen LogP contribution in [0.1, 0.15) is 31.0 Å². The van der Waals surface area contributed by atoms with Crippen LogP contribution in [0.15, 0.2) is 52.5 Å². The molecule has 1 aromatic rings. The summed E-state index contributed by atoms with van der Waals surface area (Å²) >= 11 is 12.2. The van der Waals surface area contributed by atoms with Crippen LogP contribution in [0, 0.1) is 12.8 Å². The Labute approximate surface area is 167 Å². The quantitative estimate of drug-likeness (QED) is 0.788. The van der Waals surface area contributed by atoms with Crippen molar-refractivity contribution in [1.29, 1.82) is 0 Å². The van der Waals surface area contributed by atoms with Crippen molar-refractivity contribution in [3.63, 3.8) is 0 Å². The first-order chi connectivity index (χ1) is 12.7. The number of ketones is 1. The number of Topliss-reactive ketones (excluding diaryl/α,β-unsaturated/α-hetero) is 1. The van der Waals surface area contributed by atoms with E-state index in [4.69, 9.17) is 23.2 Å². The Morgan fingerprint density at radius 3 is 2.63 bits per heavy atom. The third-order valence-electron chi connectivity index (χ3n) is 4.63. The number of benzene rings is 1. The molecule has 0 saturated heterocycles. The summed E-state index contributed by atoms with van der Waals surface area (Å²) in [5.41, 5.74) is 2.11. The molecular formula is C20H20Cl2N2O3. The van der Waals surface area contributed by atoms with Crippen LogP contribution in [0.3, 0.4) is 0 Å². The minimum absolute atomic E-state index is 0.0939. The highest BCUT2D eigenvalue weighted by molar-refractivity contribution is 6.30. The molecule has 2 heterocycles. The first-order valence-corrected chi connectivity index (χ1v) is 9.34. The first kappa shape index (κ1) is 19.5. The van der Waals surface area contributed by atoms with Crippen molar-refractivity contribution in [3.8, 4) is 0 Å². The second-order valence-corrected chi connectivity index (χ2v) is 7.82. The van der Waals surface area contributed by atoms with E-state index in [2.05, 4.69) is 5.32 Å². The van der Waals surface area contributed by atoms with Crippen molar-refractivity contribution < 1.29 is 14.7 Å². The molecule has 0 saturated carbocycles. The van der Waals surface area contributed by atoms with E-state index in [9.17, 15) is 14.7 Å². The fraction of sp³-hybridized carbons (Fsp3) is 0.300. The van der Waals surface area contributed by atoms with Gasteiger partial charge in [-0.05, 0) is 36.3 Å². The monoisotopic (exact) mass is 406 g/mol. The molecule has 2 aliphatic heterocycles. The number of nitrogens with one attached hydrogen (secondary N) is 1. The number of rotatable bonds is 4. The number of halogens is 2. The molecule has 3 rings (SSSR count). The van der Waals surface area contributed by atoms with Gasteiger partial charge in [-0.2, -0.15) is 0 Å². The van der Waals surface area contributed by atoms with Gasteiger partial charge in [-0.3, -0.25) is 14.5 Å². The Bertz CT molecular complexity index is 916. The van der Waals surface area contributed by atoms with E-state index in [-0.39, 0.29) is 17.3 Å². The fourth-order valence-electron chi connectivity index (χ4n) is 3.32. The maximum atomic E-state index is 12.9. The van der Waals surface area contributed by atoms with Gasteiger partial charge in [-0.25, -0.2) is 0 Å². The molecule has 27 heavy (non-hydrogen) atoms. The summed E-state index contributed by atoms with van der Waals surface area (Å²) < 4.78 is 0. The predicted octanol–water partition coefficient (Wildman–Crippen LogP) is 4.14. The molecule has 1 unspecified atom stereocenters. The van der Waals surface area contributed by atoms with Crippen LogP contribution in [-0.4, -0.2) is 28.2 Å². The van der Waals surface area contributed by atoms with Crippen molar-refractivity contribution in [3.05, 3.63) is 68.7 Å². The lowest BCUT2D eigenvalue weighted by Crippen LogP contribution is -2.33. The Kier molecular flexibility index (Phi) is 5.36. The van der Waals surface area contributed by atoms with Gasteiger partial charge in [0.1, 0.15) is 0 Å². The lowest BCUT2D eigenvalue weighted by atomic mass is 9.89. The van der Waals surface area contributed by atoms with Gasteiger partial charge in [-0.15, -0.1) is 0 Å². The van der Waals surface area contributed by atoms with Gasteiger partial charge < -0.3 is 10.4 Å². The molecule has 0 spiro atoms. The van der Waals surface area contributed by atoms with Gasteiger partial charge in [0.15, 0.2) is 11.5 Å². The minimum atomic E-state index is -0.753. The van der Waals surface area contributed by atoms with E-state index in [1.807, 2.05) is 6.92 Å². The van der Waals surface area contributed by atoms with Crippen molar-refractivity contribution in [2.45, 2.75) is 26.8 Å². The van der Waals surface area contributed by atoms with Crippen molar-refractivity contribution in [2.24, 2.45) is 5.92 Å². The Morgan fingerprint density at radius 1 is 1.33 bits per heavy atom. The molecule has 0 fully saturated rings. The van der Waals surface area contributed by atoms with E-state index in [0.29, 0.717) is 22.3 Å². The van der Waals surface area contributed by atoms with Crippen LogP contribution < -0.4 is 5.32 Å². The van der Waals surface area contributed by atoms with Crippen LogP contribution in [-0.2, 0) is 9.59 Å². The topological polar surface area (TPSA) is 69.6 Å². The SMILES string of the molecule is Cc1cc(Cl)ccc1C1C(C(=O)C(C)C)=C(O)C(=O)N1C1=CNCC(Cl)=C1. The molecule has 2 N–H and O–H groups in total. The van der Waals surface area contributed by atoms with Crippen LogP contribution >= 0.6 is 23.2 Å². The number of carbonyl (C=O) groups excluding carboxylic acids is 2. The summed E-state index contributed by atoms with van der Waals surface area (Å²) in [7, 11) is 0. The average Bonchev–Trinajstić information content (AvgIpc) is 2.85. The van der Waals surface area contributed by atoms with Gasteiger partial charge in [-0.1, -0.05) is 43.1 Å². The van der Waals surface area contributed by atoms with Crippen molar-refractivity contribution >= 4 is 34.9 Å². The molecule has 7 heteroatoms. The van der Waals surface area contributed by atoms with Gasteiger partial charge in [0.25, 0.3) is 5.91 Å².